The van der Waals surface area contributed by atoms with Crippen LogP contribution in [0.2, 0.25) is 0 Å². The van der Waals surface area contributed by atoms with E-state index in [1.807, 2.05) is 23.9 Å². The summed E-state index contributed by atoms with van der Waals surface area (Å²) in [6.07, 6.45) is 5.85. The number of thioether (sulfide) groups is 1. The van der Waals surface area contributed by atoms with Crippen LogP contribution in [0.3, 0.4) is 0 Å². The maximum absolute atomic E-state index is 14.3. The highest BCUT2D eigenvalue weighted by atomic mass is 32.2. The van der Waals surface area contributed by atoms with Crippen LogP contribution in [0.5, 0.6) is 0 Å². The molecule has 0 spiro atoms. The minimum absolute atomic E-state index is 0.0853. The van der Waals surface area contributed by atoms with Crippen molar-refractivity contribution in [2.75, 3.05) is 5.75 Å². The minimum Gasteiger partial charge on any atom is -0.271 e. The Balaban J connectivity index is 2.14. The fourth-order valence-electron chi connectivity index (χ4n) is 3.53. The number of hydrogen-bond donors (Lipinski definition) is 0. The molecule has 1 aliphatic carbocycles. The first-order valence-electron chi connectivity index (χ1n) is 7.17. The van der Waals surface area contributed by atoms with Gasteiger partial charge in [-0.1, -0.05) is 37.5 Å². The Labute approximate surface area is 118 Å². The second kappa shape index (κ2) is 5.28. The van der Waals surface area contributed by atoms with Crippen molar-refractivity contribution in [1.82, 2.24) is 0 Å². The third-order valence-corrected chi connectivity index (χ3v) is 5.55. The molecule has 1 aliphatic heterocycles. The lowest BCUT2D eigenvalue weighted by Crippen LogP contribution is -2.38. The van der Waals surface area contributed by atoms with Crippen LogP contribution in [-0.2, 0) is 5.54 Å². The quantitative estimate of drug-likeness (QED) is 0.720. The van der Waals surface area contributed by atoms with Gasteiger partial charge in [-0.15, -0.1) is 11.8 Å². The van der Waals surface area contributed by atoms with Crippen molar-refractivity contribution < 1.29 is 4.39 Å². The van der Waals surface area contributed by atoms with Crippen LogP contribution in [-0.4, -0.2) is 10.8 Å². The number of hydrogen-bond acceptors (Lipinski definition) is 2. The van der Waals surface area contributed by atoms with Crippen LogP contribution in [0.4, 0.5) is 4.39 Å². The largest absolute Gasteiger partial charge is 0.271 e. The SMILES string of the molecule is CC1=NC2(c3ccccc3F)CCCCCC2CS1. The van der Waals surface area contributed by atoms with E-state index in [0.29, 0.717) is 5.92 Å². The highest BCUT2D eigenvalue weighted by molar-refractivity contribution is 8.13. The van der Waals surface area contributed by atoms with Gasteiger partial charge in [0.25, 0.3) is 0 Å². The Morgan fingerprint density at radius 3 is 2.95 bits per heavy atom. The normalized spacial score (nSPS) is 31.3. The van der Waals surface area contributed by atoms with Gasteiger partial charge >= 0.3 is 0 Å². The Kier molecular flexibility index (Phi) is 3.66. The van der Waals surface area contributed by atoms with Gasteiger partial charge in [0.15, 0.2) is 0 Å². The molecular weight excluding hydrogens is 257 g/mol. The lowest BCUT2D eigenvalue weighted by atomic mass is 9.75. The van der Waals surface area contributed by atoms with E-state index < -0.39 is 0 Å². The smallest absolute Gasteiger partial charge is 0.128 e. The van der Waals surface area contributed by atoms with Crippen LogP contribution in [0.1, 0.15) is 44.6 Å². The standard InChI is InChI=1S/C16H20FNS/c1-12-18-16(14-8-4-5-9-15(14)17)10-6-2-3-7-13(16)11-19-12/h4-5,8-9,13H,2-3,6-7,10-11H2,1H3. The summed E-state index contributed by atoms with van der Waals surface area (Å²) in [6.45, 7) is 2.06. The summed E-state index contributed by atoms with van der Waals surface area (Å²) in [6, 6.07) is 7.25. The van der Waals surface area contributed by atoms with E-state index >= 15 is 0 Å². The van der Waals surface area contributed by atoms with Gasteiger partial charge in [-0.2, -0.15) is 0 Å². The number of nitrogens with zero attached hydrogens (tertiary/aromatic N) is 1. The number of rotatable bonds is 1. The van der Waals surface area contributed by atoms with Crippen LogP contribution >= 0.6 is 11.8 Å². The predicted octanol–water partition coefficient (Wildman–Crippen LogP) is 4.77. The maximum Gasteiger partial charge on any atom is 0.128 e. The first-order valence-corrected chi connectivity index (χ1v) is 8.15. The molecular formula is C16H20FNS. The number of benzene rings is 1. The van der Waals surface area contributed by atoms with Gasteiger partial charge in [0.2, 0.25) is 0 Å². The van der Waals surface area contributed by atoms with Crippen LogP contribution in [0.15, 0.2) is 29.3 Å². The van der Waals surface area contributed by atoms with E-state index in [0.717, 1.165) is 29.2 Å². The van der Waals surface area contributed by atoms with Crippen molar-refractivity contribution in [2.45, 2.75) is 44.6 Å². The molecule has 0 saturated heterocycles. The molecule has 2 atom stereocenters. The van der Waals surface area contributed by atoms with Crippen molar-refractivity contribution in [2.24, 2.45) is 10.9 Å². The second-order valence-corrected chi connectivity index (χ2v) is 6.86. The molecule has 0 amide bonds. The molecule has 0 N–H and O–H groups in total. The molecule has 1 heterocycles. The molecule has 3 rings (SSSR count). The number of fused-ring (bicyclic) bond motifs is 1. The second-order valence-electron chi connectivity index (χ2n) is 5.64. The first-order chi connectivity index (χ1) is 9.22. The van der Waals surface area contributed by atoms with Crippen molar-refractivity contribution in [3.8, 4) is 0 Å². The van der Waals surface area contributed by atoms with E-state index in [1.165, 1.54) is 19.3 Å². The number of aliphatic imine (C=N–C) groups is 1. The van der Waals surface area contributed by atoms with Gasteiger partial charge < -0.3 is 0 Å². The molecule has 102 valence electrons. The molecule has 0 aromatic heterocycles. The Morgan fingerprint density at radius 2 is 2.11 bits per heavy atom. The third-order valence-electron chi connectivity index (χ3n) is 4.48. The molecule has 19 heavy (non-hydrogen) atoms. The zero-order valence-corrected chi connectivity index (χ0v) is 12.2. The lowest BCUT2D eigenvalue weighted by molar-refractivity contribution is 0.273. The van der Waals surface area contributed by atoms with Crippen LogP contribution in [0, 0.1) is 11.7 Å². The van der Waals surface area contributed by atoms with Gasteiger partial charge in [-0.05, 0) is 31.7 Å². The summed E-state index contributed by atoms with van der Waals surface area (Å²) in [5.41, 5.74) is 0.526. The van der Waals surface area contributed by atoms with Crippen molar-refractivity contribution >= 4 is 16.8 Å². The molecule has 1 fully saturated rings. The summed E-state index contributed by atoms with van der Waals surface area (Å²) in [5, 5.41) is 1.11. The zero-order valence-electron chi connectivity index (χ0n) is 11.4. The summed E-state index contributed by atoms with van der Waals surface area (Å²) in [7, 11) is 0. The molecule has 3 heteroatoms. The van der Waals surface area contributed by atoms with Gasteiger partial charge in [0.1, 0.15) is 5.82 Å². The first kappa shape index (κ1) is 13.2. The minimum atomic E-state index is -0.294. The average Bonchev–Trinajstić information content (AvgIpc) is 2.61. The number of halogens is 1. The molecule has 1 saturated carbocycles. The predicted molar refractivity (Wildman–Crippen MR) is 80.2 cm³/mol. The van der Waals surface area contributed by atoms with Crippen molar-refractivity contribution in [3.63, 3.8) is 0 Å². The zero-order chi connectivity index (χ0) is 13.3. The summed E-state index contributed by atoms with van der Waals surface area (Å²) in [4.78, 5) is 4.97. The lowest BCUT2D eigenvalue weighted by Gasteiger charge is -2.40. The Morgan fingerprint density at radius 1 is 1.26 bits per heavy atom. The van der Waals surface area contributed by atoms with E-state index in [-0.39, 0.29) is 11.4 Å². The van der Waals surface area contributed by atoms with Crippen LogP contribution in [0.25, 0.3) is 0 Å². The fourth-order valence-corrected chi connectivity index (χ4v) is 4.65. The topological polar surface area (TPSA) is 12.4 Å². The average molecular weight is 277 g/mol. The van der Waals surface area contributed by atoms with Gasteiger partial charge in [0.05, 0.1) is 10.6 Å². The molecule has 0 radical (unpaired) electrons. The molecule has 1 aromatic carbocycles. The van der Waals surface area contributed by atoms with E-state index in [4.69, 9.17) is 4.99 Å². The summed E-state index contributed by atoms with van der Waals surface area (Å²) >= 11 is 1.84. The Bertz CT molecular complexity index is 499. The molecule has 0 bridgehead atoms. The molecule has 2 aliphatic rings. The Hall–Kier alpha value is -0.830. The van der Waals surface area contributed by atoms with Gasteiger partial charge in [0, 0.05) is 11.3 Å². The highest BCUT2D eigenvalue weighted by Crippen LogP contribution is 2.48. The van der Waals surface area contributed by atoms with E-state index in [1.54, 1.807) is 12.1 Å². The molecule has 1 aromatic rings. The van der Waals surface area contributed by atoms with Crippen molar-refractivity contribution in [3.05, 3.63) is 35.6 Å². The van der Waals surface area contributed by atoms with E-state index in [9.17, 15) is 4.39 Å². The van der Waals surface area contributed by atoms with Crippen LogP contribution < -0.4 is 0 Å². The summed E-state index contributed by atoms with van der Waals surface area (Å²) in [5.74, 6) is 1.49. The summed E-state index contributed by atoms with van der Waals surface area (Å²) < 4.78 is 14.3. The molecule has 2 unspecified atom stereocenters. The third kappa shape index (κ3) is 2.33. The molecule has 1 nitrogen and oxygen atoms in total. The maximum atomic E-state index is 14.3. The van der Waals surface area contributed by atoms with Gasteiger partial charge in [-0.25, -0.2) is 4.39 Å². The fraction of sp³-hybridized carbons (Fsp3) is 0.562. The van der Waals surface area contributed by atoms with E-state index in [2.05, 4.69) is 6.92 Å². The van der Waals surface area contributed by atoms with Gasteiger partial charge in [-0.3, -0.25) is 4.99 Å². The van der Waals surface area contributed by atoms with Crippen molar-refractivity contribution in [1.29, 1.82) is 0 Å². The highest BCUT2D eigenvalue weighted by Gasteiger charge is 2.44. The monoisotopic (exact) mass is 277 g/mol.